The van der Waals surface area contributed by atoms with Crippen molar-refractivity contribution >= 4 is 16.6 Å². The molecule has 0 unspecified atom stereocenters. The highest BCUT2D eigenvalue weighted by Gasteiger charge is 2.18. The first-order valence-electron chi connectivity index (χ1n) is 8.15. The van der Waals surface area contributed by atoms with Crippen LogP contribution in [0.15, 0.2) is 24.3 Å². The van der Waals surface area contributed by atoms with Gasteiger partial charge in [0.2, 0.25) is 0 Å². The smallest absolute Gasteiger partial charge is 0.0726 e. The standard InChI is InChI=1S/C18H24N2O/c21-13-6-2-1-5-12-19-18-14-8-3-4-10-16(14)20-17-11-7-9-15(17)18/h3-4,8,10,21H,1-2,5-7,9,11-13H2,(H,19,20). The van der Waals surface area contributed by atoms with Crippen LogP contribution in [0.2, 0.25) is 0 Å². The van der Waals surface area contributed by atoms with Gasteiger partial charge < -0.3 is 10.4 Å². The highest BCUT2D eigenvalue weighted by atomic mass is 16.2. The van der Waals surface area contributed by atoms with E-state index in [2.05, 4.69) is 29.6 Å². The van der Waals surface area contributed by atoms with Crippen LogP contribution in [-0.2, 0) is 12.8 Å². The molecule has 0 radical (unpaired) electrons. The van der Waals surface area contributed by atoms with Crippen LogP contribution in [-0.4, -0.2) is 23.2 Å². The zero-order valence-electron chi connectivity index (χ0n) is 12.6. The lowest BCUT2D eigenvalue weighted by atomic mass is 10.1. The summed E-state index contributed by atoms with van der Waals surface area (Å²) in [5, 5.41) is 13.7. The van der Waals surface area contributed by atoms with E-state index in [9.17, 15) is 0 Å². The van der Waals surface area contributed by atoms with Crippen molar-refractivity contribution < 1.29 is 5.11 Å². The molecule has 21 heavy (non-hydrogen) atoms. The molecule has 0 saturated carbocycles. The van der Waals surface area contributed by atoms with Crippen LogP contribution in [0.25, 0.3) is 10.9 Å². The van der Waals surface area contributed by atoms with E-state index in [1.54, 1.807) is 0 Å². The van der Waals surface area contributed by atoms with Gasteiger partial charge in [0.1, 0.15) is 0 Å². The van der Waals surface area contributed by atoms with E-state index >= 15 is 0 Å². The minimum absolute atomic E-state index is 0.315. The maximum atomic E-state index is 8.80. The predicted octanol–water partition coefficient (Wildman–Crippen LogP) is 3.69. The molecule has 1 aliphatic rings. The van der Waals surface area contributed by atoms with Crippen molar-refractivity contribution in [3.05, 3.63) is 35.5 Å². The van der Waals surface area contributed by atoms with Crippen molar-refractivity contribution in [1.82, 2.24) is 4.98 Å². The first-order valence-corrected chi connectivity index (χ1v) is 8.15. The maximum absolute atomic E-state index is 8.80. The third-order valence-electron chi connectivity index (χ3n) is 4.31. The second kappa shape index (κ2) is 6.90. The SMILES string of the molecule is OCCCCCCNc1c2c(nc3ccccc13)CCC2. The second-order valence-corrected chi connectivity index (χ2v) is 5.85. The first kappa shape index (κ1) is 14.3. The van der Waals surface area contributed by atoms with Crippen molar-refractivity contribution in [2.75, 3.05) is 18.5 Å². The highest BCUT2D eigenvalue weighted by molar-refractivity contribution is 5.93. The van der Waals surface area contributed by atoms with Crippen LogP contribution >= 0.6 is 0 Å². The molecule has 0 saturated heterocycles. The lowest BCUT2D eigenvalue weighted by Gasteiger charge is -2.14. The number of nitrogens with zero attached hydrogens (tertiary/aromatic N) is 1. The molecule has 0 amide bonds. The van der Waals surface area contributed by atoms with Crippen LogP contribution in [0.1, 0.15) is 43.4 Å². The molecular weight excluding hydrogens is 260 g/mol. The number of unbranched alkanes of at least 4 members (excludes halogenated alkanes) is 3. The Hall–Kier alpha value is -1.61. The number of aliphatic hydroxyl groups is 1. The van der Waals surface area contributed by atoms with Crippen LogP contribution < -0.4 is 5.32 Å². The van der Waals surface area contributed by atoms with E-state index in [0.717, 1.165) is 44.2 Å². The Morgan fingerprint density at radius 1 is 1.05 bits per heavy atom. The molecule has 0 bridgehead atoms. The van der Waals surface area contributed by atoms with E-state index < -0.39 is 0 Å². The third kappa shape index (κ3) is 3.18. The molecule has 0 atom stereocenters. The van der Waals surface area contributed by atoms with Crippen molar-refractivity contribution in [3.8, 4) is 0 Å². The van der Waals surface area contributed by atoms with Gasteiger partial charge in [-0.25, -0.2) is 0 Å². The fraction of sp³-hybridized carbons (Fsp3) is 0.500. The lowest BCUT2D eigenvalue weighted by molar-refractivity contribution is 0.283. The summed E-state index contributed by atoms with van der Waals surface area (Å²) in [6, 6.07) is 8.45. The molecule has 2 N–H and O–H groups in total. The molecule has 3 heteroatoms. The van der Waals surface area contributed by atoms with Gasteiger partial charge in [0.25, 0.3) is 0 Å². The van der Waals surface area contributed by atoms with Crippen molar-refractivity contribution in [2.45, 2.75) is 44.9 Å². The van der Waals surface area contributed by atoms with E-state index in [1.807, 2.05) is 0 Å². The number of aryl methyl sites for hydroxylation is 1. The summed E-state index contributed by atoms with van der Waals surface area (Å²) in [5.41, 5.74) is 5.15. The number of fused-ring (bicyclic) bond motifs is 2. The summed E-state index contributed by atoms with van der Waals surface area (Å²) >= 11 is 0. The molecule has 2 aromatic rings. The summed E-state index contributed by atoms with van der Waals surface area (Å²) in [6.45, 7) is 1.32. The monoisotopic (exact) mass is 284 g/mol. The molecule has 1 aromatic carbocycles. The quantitative estimate of drug-likeness (QED) is 0.762. The number of aliphatic hydroxyl groups excluding tert-OH is 1. The van der Waals surface area contributed by atoms with E-state index in [4.69, 9.17) is 10.1 Å². The van der Waals surface area contributed by atoms with Gasteiger partial charge in [-0.15, -0.1) is 0 Å². The molecule has 112 valence electrons. The van der Waals surface area contributed by atoms with Crippen LogP contribution in [0.3, 0.4) is 0 Å². The van der Waals surface area contributed by atoms with Crippen LogP contribution in [0.4, 0.5) is 5.69 Å². The summed E-state index contributed by atoms with van der Waals surface area (Å²) in [4.78, 5) is 4.82. The summed E-state index contributed by atoms with van der Waals surface area (Å²) in [7, 11) is 0. The summed E-state index contributed by atoms with van der Waals surface area (Å²) in [6.07, 6.45) is 7.88. The predicted molar refractivity (Wildman–Crippen MR) is 87.8 cm³/mol. The molecule has 1 aliphatic carbocycles. The molecule has 0 aliphatic heterocycles. The Kier molecular flexibility index (Phi) is 4.71. The van der Waals surface area contributed by atoms with Crippen LogP contribution in [0.5, 0.6) is 0 Å². The summed E-state index contributed by atoms with van der Waals surface area (Å²) in [5.74, 6) is 0. The van der Waals surface area contributed by atoms with Gasteiger partial charge in [0.05, 0.1) is 5.52 Å². The zero-order valence-corrected chi connectivity index (χ0v) is 12.6. The number of benzene rings is 1. The highest BCUT2D eigenvalue weighted by Crippen LogP contribution is 2.33. The van der Waals surface area contributed by atoms with Gasteiger partial charge in [-0.1, -0.05) is 31.0 Å². The molecule has 3 nitrogen and oxygen atoms in total. The Morgan fingerprint density at radius 3 is 2.81 bits per heavy atom. The first-order chi connectivity index (χ1) is 10.4. The average Bonchev–Trinajstić information content (AvgIpc) is 2.97. The van der Waals surface area contributed by atoms with E-state index in [0.29, 0.717) is 6.61 Å². The molecule has 0 spiro atoms. The van der Waals surface area contributed by atoms with E-state index in [-0.39, 0.29) is 0 Å². The zero-order chi connectivity index (χ0) is 14.5. The number of para-hydroxylation sites is 1. The molecule has 0 fully saturated rings. The molecule has 1 aromatic heterocycles. The fourth-order valence-electron chi connectivity index (χ4n) is 3.22. The Bertz CT molecular complexity index is 609. The van der Waals surface area contributed by atoms with Gasteiger partial charge >= 0.3 is 0 Å². The van der Waals surface area contributed by atoms with Gasteiger partial charge in [-0.3, -0.25) is 4.98 Å². The minimum atomic E-state index is 0.315. The van der Waals surface area contributed by atoms with Crippen molar-refractivity contribution in [2.24, 2.45) is 0 Å². The van der Waals surface area contributed by atoms with E-state index in [1.165, 1.54) is 35.2 Å². The molecule has 3 rings (SSSR count). The number of nitrogens with one attached hydrogen (secondary N) is 1. The molecule has 1 heterocycles. The van der Waals surface area contributed by atoms with Crippen LogP contribution in [0, 0.1) is 0 Å². The fourth-order valence-corrected chi connectivity index (χ4v) is 3.22. The van der Waals surface area contributed by atoms with Crippen molar-refractivity contribution in [3.63, 3.8) is 0 Å². The van der Waals surface area contributed by atoms with Gasteiger partial charge in [-0.05, 0) is 43.7 Å². The van der Waals surface area contributed by atoms with Gasteiger partial charge in [-0.2, -0.15) is 0 Å². The third-order valence-corrected chi connectivity index (χ3v) is 4.31. The molecular formula is C18H24N2O. The number of rotatable bonds is 7. The Labute approximate surface area is 126 Å². The topological polar surface area (TPSA) is 45.1 Å². The number of hydrogen-bond acceptors (Lipinski definition) is 3. The maximum Gasteiger partial charge on any atom is 0.0726 e. The van der Waals surface area contributed by atoms with Crippen molar-refractivity contribution in [1.29, 1.82) is 0 Å². The normalized spacial score (nSPS) is 13.6. The van der Waals surface area contributed by atoms with Gasteiger partial charge in [0, 0.05) is 29.9 Å². The largest absolute Gasteiger partial charge is 0.396 e. The Morgan fingerprint density at radius 2 is 1.90 bits per heavy atom. The Balaban J connectivity index is 1.74. The number of pyridine rings is 1. The number of hydrogen-bond donors (Lipinski definition) is 2. The lowest BCUT2D eigenvalue weighted by Crippen LogP contribution is -2.06. The minimum Gasteiger partial charge on any atom is -0.396 e. The second-order valence-electron chi connectivity index (χ2n) is 5.85. The number of anilines is 1. The number of aromatic nitrogens is 1. The van der Waals surface area contributed by atoms with Gasteiger partial charge in [0.15, 0.2) is 0 Å². The summed E-state index contributed by atoms with van der Waals surface area (Å²) < 4.78 is 0. The average molecular weight is 284 g/mol.